The topological polar surface area (TPSA) is 86.8 Å². The largest absolute Gasteiger partial charge is 0.355 e. The fourth-order valence-corrected chi connectivity index (χ4v) is 5.57. The van der Waals surface area contributed by atoms with Gasteiger partial charge in [-0.05, 0) is 76.1 Å². The van der Waals surface area contributed by atoms with Gasteiger partial charge in [-0.25, -0.2) is 12.8 Å². The van der Waals surface area contributed by atoms with Crippen molar-refractivity contribution in [3.8, 4) is 0 Å². The Hall–Kier alpha value is -3.72. The van der Waals surface area contributed by atoms with Crippen molar-refractivity contribution in [3.05, 3.63) is 94.8 Å². The van der Waals surface area contributed by atoms with E-state index in [1.807, 2.05) is 26.8 Å². The first-order valence-corrected chi connectivity index (χ1v) is 13.9. The van der Waals surface area contributed by atoms with Gasteiger partial charge in [-0.2, -0.15) is 0 Å². The molecule has 3 aromatic carbocycles. The number of carbonyl (C=O) groups is 2. The summed E-state index contributed by atoms with van der Waals surface area (Å²) in [5.41, 5.74) is 3.10. The first kappa shape index (κ1) is 28.8. The lowest BCUT2D eigenvalue weighted by molar-refractivity contribution is -0.139. The van der Waals surface area contributed by atoms with Gasteiger partial charge in [0, 0.05) is 18.7 Å². The van der Waals surface area contributed by atoms with Crippen molar-refractivity contribution >= 4 is 27.5 Å². The number of carbonyl (C=O) groups excluding carboxylic acids is 2. The van der Waals surface area contributed by atoms with E-state index in [0.717, 1.165) is 21.0 Å². The van der Waals surface area contributed by atoms with Gasteiger partial charge < -0.3 is 10.2 Å². The van der Waals surface area contributed by atoms with E-state index in [1.165, 1.54) is 35.2 Å². The van der Waals surface area contributed by atoms with Crippen molar-refractivity contribution in [2.75, 3.05) is 17.4 Å². The molecule has 0 aromatic heterocycles. The number of hydrogen-bond donors (Lipinski definition) is 1. The molecule has 0 heterocycles. The average molecular weight is 540 g/mol. The SMILES string of the molecule is CCNC(=O)C(C)N(Cc1ccccc1F)C(=O)CN(c1cc(C)cc(C)c1)S(=O)(=O)c1ccc(C)cc1. The summed E-state index contributed by atoms with van der Waals surface area (Å²) in [6.45, 7) is 8.41. The van der Waals surface area contributed by atoms with Crippen molar-refractivity contribution in [3.63, 3.8) is 0 Å². The molecular formula is C29H34FN3O4S. The van der Waals surface area contributed by atoms with Crippen molar-refractivity contribution in [1.29, 1.82) is 0 Å². The van der Waals surface area contributed by atoms with E-state index in [1.54, 1.807) is 44.2 Å². The Morgan fingerprint density at radius 1 is 0.921 bits per heavy atom. The third kappa shape index (κ3) is 6.77. The maximum absolute atomic E-state index is 14.5. The van der Waals surface area contributed by atoms with Gasteiger partial charge in [0.25, 0.3) is 10.0 Å². The summed E-state index contributed by atoms with van der Waals surface area (Å²) in [5, 5.41) is 2.68. The summed E-state index contributed by atoms with van der Waals surface area (Å²) in [6, 6.07) is 16.7. The molecule has 0 saturated heterocycles. The van der Waals surface area contributed by atoms with Crippen LogP contribution in [-0.4, -0.2) is 44.3 Å². The number of nitrogens with zero attached hydrogens (tertiary/aromatic N) is 2. The van der Waals surface area contributed by atoms with Crippen molar-refractivity contribution in [2.24, 2.45) is 0 Å². The van der Waals surface area contributed by atoms with E-state index < -0.39 is 40.2 Å². The van der Waals surface area contributed by atoms with Gasteiger partial charge in [0.15, 0.2) is 0 Å². The summed E-state index contributed by atoms with van der Waals surface area (Å²) in [6.07, 6.45) is 0. The third-order valence-corrected chi connectivity index (χ3v) is 7.99. The Bertz CT molecular complexity index is 1390. The zero-order chi connectivity index (χ0) is 28.0. The highest BCUT2D eigenvalue weighted by Crippen LogP contribution is 2.27. The van der Waals surface area contributed by atoms with Crippen LogP contribution >= 0.6 is 0 Å². The lowest BCUT2D eigenvalue weighted by Gasteiger charge is -2.32. The Kier molecular flexibility index (Phi) is 9.27. The van der Waals surface area contributed by atoms with Crippen LogP contribution in [0.4, 0.5) is 10.1 Å². The standard InChI is InChI=1S/C29H34FN3O4S/c1-6-31-29(35)23(5)32(18-24-9-7-8-10-27(24)30)28(34)19-33(25-16-21(3)15-22(4)17-25)38(36,37)26-13-11-20(2)12-14-26/h7-17,23H,6,18-19H2,1-5H3,(H,31,35). The predicted octanol–water partition coefficient (Wildman–Crippen LogP) is 4.50. The fraction of sp³-hybridized carbons (Fsp3) is 0.310. The molecule has 7 nitrogen and oxygen atoms in total. The molecule has 0 aliphatic carbocycles. The van der Waals surface area contributed by atoms with E-state index in [9.17, 15) is 22.4 Å². The maximum atomic E-state index is 14.5. The summed E-state index contributed by atoms with van der Waals surface area (Å²) in [7, 11) is -4.16. The summed E-state index contributed by atoms with van der Waals surface area (Å²) < 4.78 is 43.3. The monoisotopic (exact) mass is 539 g/mol. The van der Waals surface area contributed by atoms with Crippen LogP contribution in [0.3, 0.4) is 0 Å². The quantitative estimate of drug-likeness (QED) is 0.411. The number of likely N-dealkylation sites (N-methyl/N-ethyl adjacent to an activating group) is 1. The molecule has 0 saturated carbocycles. The van der Waals surface area contributed by atoms with Gasteiger partial charge in [0.1, 0.15) is 18.4 Å². The molecule has 3 aromatic rings. The number of nitrogens with one attached hydrogen (secondary N) is 1. The number of sulfonamides is 1. The molecule has 38 heavy (non-hydrogen) atoms. The molecule has 202 valence electrons. The molecule has 1 atom stereocenters. The smallest absolute Gasteiger partial charge is 0.264 e. The molecular weight excluding hydrogens is 505 g/mol. The van der Waals surface area contributed by atoms with Crippen LogP contribution in [0.2, 0.25) is 0 Å². The van der Waals surface area contributed by atoms with Gasteiger partial charge in [0.05, 0.1) is 10.6 Å². The molecule has 0 radical (unpaired) electrons. The minimum absolute atomic E-state index is 0.0347. The van der Waals surface area contributed by atoms with Crippen molar-refractivity contribution < 1.29 is 22.4 Å². The first-order valence-electron chi connectivity index (χ1n) is 12.4. The highest BCUT2D eigenvalue weighted by Gasteiger charge is 2.33. The number of aryl methyl sites for hydroxylation is 3. The molecule has 2 amide bonds. The van der Waals surface area contributed by atoms with Crippen molar-refractivity contribution in [1.82, 2.24) is 10.2 Å². The molecule has 1 N–H and O–H groups in total. The van der Waals surface area contributed by atoms with Crippen LogP contribution in [0.5, 0.6) is 0 Å². The minimum Gasteiger partial charge on any atom is -0.355 e. The molecule has 1 unspecified atom stereocenters. The van der Waals surface area contributed by atoms with Gasteiger partial charge in [-0.3, -0.25) is 13.9 Å². The summed E-state index contributed by atoms with van der Waals surface area (Å²) >= 11 is 0. The Morgan fingerprint density at radius 3 is 2.11 bits per heavy atom. The fourth-order valence-electron chi connectivity index (χ4n) is 4.18. The zero-order valence-electron chi connectivity index (χ0n) is 22.4. The van der Waals surface area contributed by atoms with Crippen LogP contribution in [0.25, 0.3) is 0 Å². The van der Waals surface area contributed by atoms with Crippen LogP contribution in [0.15, 0.2) is 71.6 Å². The predicted molar refractivity (Wildman–Crippen MR) is 147 cm³/mol. The van der Waals surface area contributed by atoms with Crippen LogP contribution in [0, 0.1) is 26.6 Å². The summed E-state index contributed by atoms with van der Waals surface area (Å²) in [5.74, 6) is -1.58. The van der Waals surface area contributed by atoms with E-state index in [-0.39, 0.29) is 17.0 Å². The Labute approximate surface area is 224 Å². The molecule has 0 spiro atoms. The number of benzene rings is 3. The zero-order valence-corrected chi connectivity index (χ0v) is 23.2. The van der Waals surface area contributed by atoms with Gasteiger partial charge >= 0.3 is 0 Å². The number of halogens is 1. The minimum atomic E-state index is -4.16. The number of anilines is 1. The normalized spacial score (nSPS) is 12.1. The summed E-state index contributed by atoms with van der Waals surface area (Å²) in [4.78, 5) is 27.8. The molecule has 9 heteroatoms. The van der Waals surface area contributed by atoms with E-state index >= 15 is 0 Å². The van der Waals surface area contributed by atoms with E-state index in [4.69, 9.17) is 0 Å². The highest BCUT2D eigenvalue weighted by atomic mass is 32.2. The number of rotatable bonds is 10. The molecule has 0 bridgehead atoms. The second kappa shape index (κ2) is 12.2. The van der Waals surface area contributed by atoms with Crippen LogP contribution < -0.4 is 9.62 Å². The van der Waals surface area contributed by atoms with E-state index in [0.29, 0.717) is 12.2 Å². The van der Waals surface area contributed by atoms with Gasteiger partial charge in [-0.15, -0.1) is 0 Å². The van der Waals surface area contributed by atoms with Gasteiger partial charge in [-0.1, -0.05) is 42.0 Å². The molecule has 0 aliphatic rings. The van der Waals surface area contributed by atoms with Gasteiger partial charge in [0.2, 0.25) is 11.8 Å². The van der Waals surface area contributed by atoms with Crippen LogP contribution in [0.1, 0.15) is 36.1 Å². The number of hydrogen-bond acceptors (Lipinski definition) is 4. The molecule has 3 rings (SSSR count). The van der Waals surface area contributed by atoms with E-state index in [2.05, 4.69) is 5.32 Å². The average Bonchev–Trinajstić information content (AvgIpc) is 2.86. The Morgan fingerprint density at radius 2 is 1.53 bits per heavy atom. The highest BCUT2D eigenvalue weighted by molar-refractivity contribution is 7.92. The lowest BCUT2D eigenvalue weighted by atomic mass is 10.1. The van der Waals surface area contributed by atoms with Crippen molar-refractivity contribution in [2.45, 2.75) is 52.1 Å². The number of amides is 2. The molecule has 0 aliphatic heterocycles. The third-order valence-electron chi connectivity index (χ3n) is 6.20. The Balaban J connectivity index is 2.08. The lowest BCUT2D eigenvalue weighted by Crippen LogP contribution is -2.51. The second-order valence-corrected chi connectivity index (χ2v) is 11.2. The molecule has 0 fully saturated rings. The maximum Gasteiger partial charge on any atom is 0.264 e. The first-order chi connectivity index (χ1) is 17.9. The second-order valence-electron chi connectivity index (χ2n) is 9.35. The van der Waals surface area contributed by atoms with Crippen LogP contribution in [-0.2, 0) is 26.2 Å².